The number of hydrogen-bond acceptors (Lipinski definition) is 2. The highest BCUT2D eigenvalue weighted by atomic mass is 15.3. The van der Waals surface area contributed by atoms with Gasteiger partial charge in [0.05, 0.1) is 0 Å². The summed E-state index contributed by atoms with van der Waals surface area (Å²) in [5.41, 5.74) is 1.39. The number of nitrogens with zero attached hydrogens (tertiary/aromatic N) is 2. The van der Waals surface area contributed by atoms with Crippen molar-refractivity contribution in [2.45, 2.75) is 77.4 Å². The normalized spacial score (nSPS) is 43.5. The lowest BCUT2D eigenvalue weighted by molar-refractivity contribution is 0.151. The highest BCUT2D eigenvalue weighted by molar-refractivity contribution is 5.22. The molecular formula is C18H32N2. The van der Waals surface area contributed by atoms with Crippen LogP contribution in [-0.2, 0) is 0 Å². The van der Waals surface area contributed by atoms with Gasteiger partial charge in [-0.05, 0) is 83.6 Å². The Bertz CT molecular complexity index is 398. The van der Waals surface area contributed by atoms with Crippen LogP contribution in [0.2, 0.25) is 0 Å². The fourth-order valence-electron chi connectivity index (χ4n) is 5.82. The Balaban J connectivity index is 1.53. The lowest BCUT2D eigenvalue weighted by Gasteiger charge is -2.32. The molecule has 2 aliphatic carbocycles. The molecule has 0 amide bonds. The molecule has 4 fully saturated rings. The van der Waals surface area contributed by atoms with Crippen LogP contribution in [0.4, 0.5) is 0 Å². The number of hydrogen-bond donors (Lipinski definition) is 0. The molecule has 0 aromatic rings. The summed E-state index contributed by atoms with van der Waals surface area (Å²) in [5, 5.41) is 0. The molecule has 114 valence electrons. The summed E-state index contributed by atoms with van der Waals surface area (Å²) in [6.07, 6.45) is 7.50. The average molecular weight is 276 g/mol. The first-order chi connectivity index (χ1) is 9.48. The second kappa shape index (κ2) is 4.23. The van der Waals surface area contributed by atoms with E-state index in [1.54, 1.807) is 0 Å². The van der Waals surface area contributed by atoms with Crippen LogP contribution < -0.4 is 0 Å². The van der Waals surface area contributed by atoms with Crippen molar-refractivity contribution in [2.24, 2.45) is 17.3 Å². The maximum absolute atomic E-state index is 2.87. The summed E-state index contributed by atoms with van der Waals surface area (Å²) in [7, 11) is 0. The van der Waals surface area contributed by atoms with Gasteiger partial charge in [-0.15, -0.1) is 0 Å². The van der Waals surface area contributed by atoms with E-state index in [-0.39, 0.29) is 0 Å². The van der Waals surface area contributed by atoms with Gasteiger partial charge in [0.25, 0.3) is 0 Å². The Morgan fingerprint density at radius 1 is 0.950 bits per heavy atom. The quantitative estimate of drug-likeness (QED) is 0.780. The van der Waals surface area contributed by atoms with Gasteiger partial charge in [-0.3, -0.25) is 4.90 Å². The second-order valence-electron chi connectivity index (χ2n) is 8.80. The summed E-state index contributed by atoms with van der Waals surface area (Å²) < 4.78 is 0. The van der Waals surface area contributed by atoms with Gasteiger partial charge < -0.3 is 4.90 Å². The number of likely N-dealkylation sites (tertiary alicyclic amines) is 2. The summed E-state index contributed by atoms with van der Waals surface area (Å²) in [4.78, 5) is 5.64. The zero-order chi connectivity index (χ0) is 14.1. The van der Waals surface area contributed by atoms with E-state index in [0.29, 0.717) is 5.54 Å². The minimum atomic E-state index is 0.640. The molecule has 2 spiro atoms. The number of rotatable bonds is 3. The third-order valence-electron chi connectivity index (χ3n) is 7.15. The molecule has 0 aromatic carbocycles. The summed E-state index contributed by atoms with van der Waals surface area (Å²) in [5.74, 6) is 2.04. The highest BCUT2D eigenvalue weighted by Crippen LogP contribution is 2.68. The van der Waals surface area contributed by atoms with Crippen LogP contribution in [0.25, 0.3) is 0 Å². The van der Waals surface area contributed by atoms with Gasteiger partial charge >= 0.3 is 0 Å². The minimum absolute atomic E-state index is 0.640. The average Bonchev–Trinajstić information content (AvgIpc) is 3.16. The third-order valence-corrected chi connectivity index (χ3v) is 7.15. The van der Waals surface area contributed by atoms with Crippen LogP contribution in [0, 0.1) is 17.3 Å². The Labute approximate surface area is 124 Å². The molecule has 20 heavy (non-hydrogen) atoms. The van der Waals surface area contributed by atoms with Crippen LogP contribution in [0.15, 0.2) is 0 Å². The van der Waals surface area contributed by atoms with E-state index in [1.165, 1.54) is 51.7 Å². The Morgan fingerprint density at radius 3 is 2.30 bits per heavy atom. The first-order valence-electron chi connectivity index (χ1n) is 8.99. The summed E-state index contributed by atoms with van der Waals surface area (Å²) in [6.45, 7) is 13.8. The molecule has 0 N–H and O–H groups in total. The van der Waals surface area contributed by atoms with E-state index in [1.807, 2.05) is 0 Å². The molecular weight excluding hydrogens is 244 g/mol. The van der Waals surface area contributed by atoms with Crippen molar-refractivity contribution in [1.29, 1.82) is 0 Å². The van der Waals surface area contributed by atoms with Gasteiger partial charge in [-0.25, -0.2) is 0 Å². The first-order valence-corrected chi connectivity index (χ1v) is 8.99. The molecule has 2 saturated heterocycles. The Morgan fingerprint density at radius 2 is 1.70 bits per heavy atom. The topological polar surface area (TPSA) is 6.48 Å². The molecule has 2 aliphatic heterocycles. The van der Waals surface area contributed by atoms with Gasteiger partial charge in [-0.2, -0.15) is 0 Å². The van der Waals surface area contributed by atoms with Gasteiger partial charge in [0, 0.05) is 30.7 Å². The molecule has 2 heterocycles. The van der Waals surface area contributed by atoms with Crippen LogP contribution in [-0.4, -0.2) is 47.1 Å². The van der Waals surface area contributed by atoms with E-state index in [9.17, 15) is 0 Å². The molecule has 3 atom stereocenters. The third kappa shape index (κ3) is 1.76. The van der Waals surface area contributed by atoms with E-state index in [2.05, 4.69) is 37.5 Å². The van der Waals surface area contributed by atoms with Gasteiger partial charge in [-0.1, -0.05) is 0 Å². The van der Waals surface area contributed by atoms with Crippen molar-refractivity contribution in [2.75, 3.05) is 19.6 Å². The smallest absolute Gasteiger partial charge is 0.0248 e. The van der Waals surface area contributed by atoms with Crippen LogP contribution in [0.1, 0.15) is 59.8 Å². The maximum atomic E-state index is 2.87. The van der Waals surface area contributed by atoms with Crippen molar-refractivity contribution in [3.05, 3.63) is 0 Å². The molecule has 2 saturated carbocycles. The Hall–Kier alpha value is -0.0800. The van der Waals surface area contributed by atoms with Crippen molar-refractivity contribution in [1.82, 2.24) is 9.80 Å². The molecule has 2 heteroatoms. The molecule has 0 aromatic heterocycles. The van der Waals surface area contributed by atoms with E-state index >= 15 is 0 Å². The fourth-order valence-corrected chi connectivity index (χ4v) is 5.82. The largest absolute Gasteiger partial charge is 0.300 e. The van der Waals surface area contributed by atoms with E-state index < -0.39 is 0 Å². The standard InChI is InChI=1S/C18H32N2/c1-13(2)19-11-16(17(12-19)7-8-17)15-10-18(15)6-5-9-20(18)14(3)4/h13-16H,5-12H2,1-4H3. The highest BCUT2D eigenvalue weighted by Gasteiger charge is 2.69. The lowest BCUT2D eigenvalue weighted by atomic mass is 9.86. The predicted octanol–water partition coefficient (Wildman–Crippen LogP) is 3.37. The molecule has 0 radical (unpaired) electrons. The van der Waals surface area contributed by atoms with E-state index in [4.69, 9.17) is 0 Å². The zero-order valence-electron chi connectivity index (χ0n) is 13.9. The van der Waals surface area contributed by atoms with Crippen molar-refractivity contribution < 1.29 is 0 Å². The minimum Gasteiger partial charge on any atom is -0.300 e. The first kappa shape index (κ1) is 13.6. The molecule has 3 unspecified atom stereocenters. The van der Waals surface area contributed by atoms with Gasteiger partial charge in [0.2, 0.25) is 0 Å². The van der Waals surface area contributed by atoms with Gasteiger partial charge in [0.1, 0.15) is 0 Å². The van der Waals surface area contributed by atoms with Crippen molar-refractivity contribution in [3.63, 3.8) is 0 Å². The molecule has 4 aliphatic rings. The maximum Gasteiger partial charge on any atom is 0.0248 e. The monoisotopic (exact) mass is 276 g/mol. The molecule has 2 nitrogen and oxygen atoms in total. The second-order valence-corrected chi connectivity index (χ2v) is 8.80. The SMILES string of the molecule is CC(C)N1CC(C2CC23CCCN3C(C)C)C2(CC2)C1. The van der Waals surface area contributed by atoms with Crippen LogP contribution in [0.5, 0.6) is 0 Å². The summed E-state index contributed by atoms with van der Waals surface area (Å²) >= 11 is 0. The van der Waals surface area contributed by atoms with E-state index in [0.717, 1.165) is 29.3 Å². The molecule has 0 bridgehead atoms. The van der Waals surface area contributed by atoms with Crippen molar-refractivity contribution >= 4 is 0 Å². The fraction of sp³-hybridized carbons (Fsp3) is 1.00. The zero-order valence-corrected chi connectivity index (χ0v) is 13.9. The summed E-state index contributed by atoms with van der Waals surface area (Å²) in [6, 6.07) is 1.50. The Kier molecular flexibility index (Phi) is 2.87. The molecule has 4 rings (SSSR count). The van der Waals surface area contributed by atoms with Crippen LogP contribution >= 0.6 is 0 Å². The van der Waals surface area contributed by atoms with Crippen LogP contribution in [0.3, 0.4) is 0 Å². The predicted molar refractivity (Wildman–Crippen MR) is 83.8 cm³/mol. The van der Waals surface area contributed by atoms with Gasteiger partial charge in [0.15, 0.2) is 0 Å². The van der Waals surface area contributed by atoms with Crippen molar-refractivity contribution in [3.8, 4) is 0 Å². The lowest BCUT2D eigenvalue weighted by Crippen LogP contribution is -2.40.